The molecule has 0 aromatic carbocycles. The summed E-state index contributed by atoms with van der Waals surface area (Å²) >= 11 is 0. The Bertz CT molecular complexity index is 462. The molecule has 19 heavy (non-hydrogen) atoms. The molecule has 110 valence electrons. The van der Waals surface area contributed by atoms with Crippen LogP contribution in [0.2, 0.25) is 0 Å². The lowest BCUT2D eigenvalue weighted by atomic mass is 10.00. The van der Waals surface area contributed by atoms with Gasteiger partial charge >= 0.3 is 12.0 Å². The van der Waals surface area contributed by atoms with Gasteiger partial charge in [0, 0.05) is 6.54 Å². The number of rotatable bonds is 5. The van der Waals surface area contributed by atoms with Crippen molar-refractivity contribution in [3.05, 3.63) is 0 Å². The lowest BCUT2D eigenvalue weighted by Gasteiger charge is -2.25. The van der Waals surface area contributed by atoms with Crippen molar-refractivity contribution in [2.24, 2.45) is 0 Å². The first-order valence-corrected chi connectivity index (χ1v) is 7.94. The molecule has 2 atom stereocenters. The Morgan fingerprint density at radius 1 is 1.42 bits per heavy atom. The zero-order valence-corrected chi connectivity index (χ0v) is 11.9. The molecule has 0 bridgehead atoms. The van der Waals surface area contributed by atoms with Crippen LogP contribution in [-0.4, -0.2) is 48.6 Å². The van der Waals surface area contributed by atoms with Gasteiger partial charge in [-0.05, 0) is 26.2 Å². The van der Waals surface area contributed by atoms with E-state index >= 15 is 0 Å². The first-order valence-electron chi connectivity index (χ1n) is 6.22. The third-order valence-corrected chi connectivity index (χ3v) is 5.80. The number of amides is 2. The fraction of sp³-hybridized carbons (Fsp3) is 0.818. The summed E-state index contributed by atoms with van der Waals surface area (Å²) in [6, 6.07) is -0.658. The number of nitrogens with one attached hydrogen (secondary N) is 2. The highest BCUT2D eigenvalue weighted by Crippen LogP contribution is 2.19. The first kappa shape index (κ1) is 15.7. The van der Waals surface area contributed by atoms with Crippen molar-refractivity contribution in [2.45, 2.75) is 43.9 Å². The monoisotopic (exact) mass is 292 g/mol. The predicted molar refractivity (Wildman–Crippen MR) is 69.7 cm³/mol. The Balaban J connectivity index is 2.51. The zero-order chi connectivity index (χ0) is 14.7. The Labute approximate surface area is 112 Å². The average molecular weight is 292 g/mol. The molecule has 2 unspecified atom stereocenters. The molecule has 0 spiro atoms. The van der Waals surface area contributed by atoms with E-state index in [2.05, 4.69) is 10.6 Å². The molecule has 1 aliphatic rings. The summed E-state index contributed by atoms with van der Waals surface area (Å²) in [7, 11) is -3.11. The molecule has 1 heterocycles. The summed E-state index contributed by atoms with van der Waals surface area (Å²) < 4.78 is 23.1. The van der Waals surface area contributed by atoms with Gasteiger partial charge in [-0.3, -0.25) is 0 Å². The van der Waals surface area contributed by atoms with Crippen LogP contribution in [0.25, 0.3) is 0 Å². The van der Waals surface area contributed by atoms with Crippen LogP contribution in [0, 0.1) is 0 Å². The van der Waals surface area contributed by atoms with E-state index in [1.165, 1.54) is 6.92 Å². The Kier molecular flexibility index (Phi) is 4.78. The smallest absolute Gasteiger partial charge is 0.329 e. The Morgan fingerprint density at radius 3 is 2.47 bits per heavy atom. The van der Waals surface area contributed by atoms with Crippen molar-refractivity contribution >= 4 is 21.8 Å². The van der Waals surface area contributed by atoms with Crippen molar-refractivity contribution in [2.75, 3.05) is 12.3 Å². The van der Waals surface area contributed by atoms with E-state index in [9.17, 15) is 18.0 Å². The molecule has 0 aromatic heterocycles. The maximum absolute atomic E-state index is 11.6. The predicted octanol–water partition coefficient (Wildman–Crippen LogP) is 0.116. The van der Waals surface area contributed by atoms with Gasteiger partial charge in [0.25, 0.3) is 0 Å². The average Bonchev–Trinajstić information content (AvgIpc) is 2.65. The van der Waals surface area contributed by atoms with Gasteiger partial charge in [-0.25, -0.2) is 18.0 Å². The number of sulfone groups is 1. The molecule has 8 heteroatoms. The van der Waals surface area contributed by atoms with Crippen LogP contribution in [0.15, 0.2) is 0 Å². The summed E-state index contributed by atoms with van der Waals surface area (Å²) in [6.07, 6.45) is 1.38. The molecular formula is C11H20N2O5S. The molecule has 2 amide bonds. The highest BCUT2D eigenvalue weighted by Gasteiger charge is 2.34. The van der Waals surface area contributed by atoms with Crippen LogP contribution in [0.3, 0.4) is 0 Å². The van der Waals surface area contributed by atoms with Gasteiger partial charge in [-0.1, -0.05) is 6.92 Å². The Hall–Kier alpha value is -1.31. The minimum atomic E-state index is -3.11. The lowest BCUT2D eigenvalue weighted by molar-refractivity contribution is -0.143. The van der Waals surface area contributed by atoms with Gasteiger partial charge in [0.05, 0.1) is 11.0 Å². The van der Waals surface area contributed by atoms with Gasteiger partial charge in [-0.2, -0.15) is 0 Å². The molecule has 1 rings (SSSR count). The zero-order valence-electron chi connectivity index (χ0n) is 11.1. The summed E-state index contributed by atoms with van der Waals surface area (Å²) in [5, 5.41) is 13.2. The number of carboxylic acid groups (broad SMARTS) is 1. The normalized spacial score (nSPS) is 24.4. The van der Waals surface area contributed by atoms with E-state index < -0.39 is 32.6 Å². The number of carbonyl (C=O) groups is 2. The van der Waals surface area contributed by atoms with Gasteiger partial charge in [0.15, 0.2) is 9.84 Å². The van der Waals surface area contributed by atoms with Crippen LogP contribution in [0.4, 0.5) is 4.79 Å². The summed E-state index contributed by atoms with van der Waals surface area (Å²) in [6.45, 7) is 3.07. The second-order valence-electron chi connectivity index (χ2n) is 4.96. The molecule has 7 nitrogen and oxygen atoms in total. The van der Waals surface area contributed by atoms with Gasteiger partial charge in [0.1, 0.15) is 5.54 Å². The summed E-state index contributed by atoms with van der Waals surface area (Å²) in [4.78, 5) is 22.6. The highest BCUT2D eigenvalue weighted by atomic mass is 32.2. The maximum atomic E-state index is 11.6. The van der Waals surface area contributed by atoms with E-state index in [1.807, 2.05) is 0 Å². The van der Waals surface area contributed by atoms with Crippen LogP contribution in [-0.2, 0) is 14.6 Å². The second kappa shape index (κ2) is 5.77. The molecule has 0 aliphatic carbocycles. The van der Waals surface area contributed by atoms with Crippen LogP contribution in [0.5, 0.6) is 0 Å². The number of urea groups is 1. The lowest BCUT2D eigenvalue weighted by Crippen LogP contribution is -2.55. The third kappa shape index (κ3) is 3.82. The molecule has 1 aliphatic heterocycles. The van der Waals surface area contributed by atoms with Gasteiger partial charge < -0.3 is 15.7 Å². The fourth-order valence-corrected chi connectivity index (χ4v) is 3.65. The molecule has 0 saturated carbocycles. The topological polar surface area (TPSA) is 113 Å². The first-order chi connectivity index (χ1) is 8.71. The highest BCUT2D eigenvalue weighted by molar-refractivity contribution is 7.92. The van der Waals surface area contributed by atoms with Crippen LogP contribution < -0.4 is 10.6 Å². The number of carbonyl (C=O) groups excluding carboxylic acids is 1. The SMILES string of the molecule is CCC(C)(NC(=O)NCC1CCCS1(=O)=O)C(=O)O. The molecular weight excluding hydrogens is 272 g/mol. The maximum Gasteiger partial charge on any atom is 0.329 e. The molecule has 3 N–H and O–H groups in total. The van der Waals surface area contributed by atoms with Crippen molar-refractivity contribution in [1.82, 2.24) is 10.6 Å². The fourth-order valence-electron chi connectivity index (χ4n) is 1.88. The van der Waals surface area contributed by atoms with Crippen molar-refractivity contribution in [3.63, 3.8) is 0 Å². The molecule has 1 fully saturated rings. The van der Waals surface area contributed by atoms with Crippen molar-refractivity contribution < 1.29 is 23.1 Å². The molecule has 1 saturated heterocycles. The molecule has 0 aromatic rings. The van der Waals surface area contributed by atoms with Crippen LogP contribution in [0.1, 0.15) is 33.1 Å². The minimum Gasteiger partial charge on any atom is -0.480 e. The summed E-state index contributed by atoms with van der Waals surface area (Å²) in [5.74, 6) is -0.971. The second-order valence-corrected chi connectivity index (χ2v) is 7.36. The van der Waals surface area contributed by atoms with Crippen LogP contribution >= 0.6 is 0 Å². The largest absolute Gasteiger partial charge is 0.480 e. The number of hydrogen-bond acceptors (Lipinski definition) is 4. The van der Waals surface area contributed by atoms with E-state index in [1.54, 1.807) is 6.92 Å². The number of carboxylic acids is 1. The number of hydrogen-bond donors (Lipinski definition) is 3. The van der Waals surface area contributed by atoms with Crippen molar-refractivity contribution in [1.29, 1.82) is 0 Å². The van der Waals surface area contributed by atoms with E-state index in [0.717, 1.165) is 0 Å². The van der Waals surface area contributed by atoms with Gasteiger partial charge in [-0.15, -0.1) is 0 Å². The van der Waals surface area contributed by atoms with Gasteiger partial charge in [0.2, 0.25) is 0 Å². The quantitative estimate of drug-likeness (QED) is 0.666. The summed E-state index contributed by atoms with van der Waals surface area (Å²) in [5.41, 5.74) is -1.35. The standard InChI is InChI=1S/C11H20N2O5S/c1-3-11(2,9(14)15)13-10(16)12-7-8-5-4-6-19(8,17)18/h8H,3-7H2,1-2H3,(H,14,15)(H2,12,13,16). The minimum absolute atomic E-state index is 0.0214. The third-order valence-electron chi connectivity index (χ3n) is 3.52. The van der Waals surface area contributed by atoms with Crippen molar-refractivity contribution in [3.8, 4) is 0 Å². The number of aliphatic carboxylic acids is 1. The van der Waals surface area contributed by atoms with E-state index in [-0.39, 0.29) is 18.7 Å². The van der Waals surface area contributed by atoms with E-state index in [0.29, 0.717) is 12.8 Å². The Morgan fingerprint density at radius 2 is 2.05 bits per heavy atom. The molecule has 0 radical (unpaired) electrons. The van der Waals surface area contributed by atoms with E-state index in [4.69, 9.17) is 5.11 Å².